The molecule has 2 aromatic rings. The number of aryl methyl sites for hydroxylation is 1. The van der Waals surface area contributed by atoms with Crippen LogP contribution in [0.1, 0.15) is 41.6 Å². The Morgan fingerprint density at radius 2 is 1.46 bits per heavy atom. The molecule has 24 heavy (non-hydrogen) atoms. The van der Waals surface area contributed by atoms with Crippen LogP contribution >= 0.6 is 31.0 Å². The number of rotatable bonds is 9. The Hall–Kier alpha value is -1.08. The fourth-order valence-electron chi connectivity index (χ4n) is 2.58. The largest absolute Gasteiger partial charge is 0.318 e. The minimum Gasteiger partial charge on any atom is -0.318 e. The van der Waals surface area contributed by atoms with E-state index in [-0.39, 0.29) is 15.6 Å². The highest BCUT2D eigenvalue weighted by Gasteiger charge is 2.19. The number of hydrogen-bond acceptors (Lipinski definition) is 2. The third-order valence-corrected chi connectivity index (χ3v) is 6.10. The smallest absolute Gasteiger partial charge is 0.221 e. The highest BCUT2D eigenvalue weighted by Crippen LogP contribution is 2.35. The maximum Gasteiger partial charge on any atom is 0.221 e. The Bertz CT molecular complexity index is 682. The van der Waals surface area contributed by atoms with E-state index < -0.39 is 13.3 Å². The van der Waals surface area contributed by atoms with Crippen LogP contribution in [-0.4, -0.2) is 11.7 Å². The highest BCUT2D eigenvalue weighted by atomic mass is 35.5. The summed E-state index contributed by atoms with van der Waals surface area (Å²) in [5.41, 5.74) is 1.14. The van der Waals surface area contributed by atoms with Gasteiger partial charge in [0.25, 0.3) is 0 Å². The summed E-state index contributed by atoms with van der Waals surface area (Å²) >= 11 is 12.0. The molecular weight excluding hydrogens is 362 g/mol. The zero-order chi connectivity index (χ0) is 17.4. The van der Waals surface area contributed by atoms with E-state index >= 15 is 0 Å². The molecule has 0 spiro atoms. The van der Waals surface area contributed by atoms with Gasteiger partial charge in [0.1, 0.15) is 7.80 Å². The molecule has 0 saturated carbocycles. The Balaban J connectivity index is 1.70. The van der Waals surface area contributed by atoms with Crippen LogP contribution in [0.15, 0.2) is 48.5 Å². The number of unbranched alkanes of at least 4 members (excludes halogenated alkanes) is 3. The number of carbonyl (C=O) groups is 1. The maximum absolute atomic E-state index is 12.3. The van der Waals surface area contributed by atoms with Gasteiger partial charge >= 0.3 is 0 Å². The average Bonchev–Trinajstić information content (AvgIpc) is 2.58. The number of hydrogen-bond donors (Lipinski definition) is 0. The fraction of sp³-hybridized carbons (Fsp3) is 0.316. The Morgan fingerprint density at radius 3 is 2.12 bits per heavy atom. The molecule has 0 aliphatic carbocycles. The van der Waals surface area contributed by atoms with Gasteiger partial charge in [-0.25, -0.2) is 0 Å². The van der Waals surface area contributed by atoms with Gasteiger partial charge in [0, 0.05) is 6.16 Å². The van der Waals surface area contributed by atoms with Crippen molar-refractivity contribution in [3.05, 3.63) is 69.7 Å². The second kappa shape index (κ2) is 10.0. The zero-order valence-electron chi connectivity index (χ0n) is 13.4. The van der Waals surface area contributed by atoms with E-state index in [9.17, 15) is 9.36 Å². The molecule has 0 aliphatic heterocycles. The van der Waals surface area contributed by atoms with E-state index in [1.807, 2.05) is 18.2 Å². The monoisotopic (exact) mass is 382 g/mol. The summed E-state index contributed by atoms with van der Waals surface area (Å²) < 4.78 is 12.2. The topological polar surface area (TPSA) is 34.1 Å². The number of carbonyl (C=O) groups excluding carboxylic acids is 1. The molecule has 0 aliphatic rings. The number of halogens is 2. The molecular formula is C19H21Cl2O2P. The van der Waals surface area contributed by atoms with Crippen molar-refractivity contribution in [2.24, 2.45) is 0 Å². The zero-order valence-corrected chi connectivity index (χ0v) is 15.9. The van der Waals surface area contributed by atoms with Gasteiger partial charge in [-0.1, -0.05) is 72.4 Å². The SMILES string of the molecule is O=C(c1c(Cl)cccc1Cl)[PH](=O)CCCCCCc1ccccc1. The molecule has 0 aromatic heterocycles. The first-order valence-electron chi connectivity index (χ1n) is 8.15. The lowest BCUT2D eigenvalue weighted by Gasteiger charge is -2.06. The fourth-order valence-corrected chi connectivity index (χ4v) is 4.65. The van der Waals surface area contributed by atoms with Gasteiger partial charge < -0.3 is 4.57 Å². The van der Waals surface area contributed by atoms with E-state index in [1.165, 1.54) is 5.56 Å². The van der Waals surface area contributed by atoms with E-state index in [0.717, 1.165) is 32.1 Å². The molecule has 0 bridgehead atoms. The van der Waals surface area contributed by atoms with Crippen molar-refractivity contribution in [3.8, 4) is 0 Å². The van der Waals surface area contributed by atoms with Crippen LogP contribution in [0.4, 0.5) is 0 Å². The van der Waals surface area contributed by atoms with Crippen LogP contribution < -0.4 is 0 Å². The summed E-state index contributed by atoms with van der Waals surface area (Å²) in [6.07, 6.45) is 5.44. The van der Waals surface area contributed by atoms with Gasteiger partial charge in [0.15, 0.2) is 0 Å². The standard InChI is InChI=1S/C19H21Cl2O2P/c20-16-12-8-13-17(21)18(16)19(22)24(23)14-7-2-1-4-9-15-10-5-3-6-11-15/h3,5-6,8,10-13,24H,1-2,4,7,9,14H2. The molecule has 2 aromatic carbocycles. The van der Waals surface area contributed by atoms with Crippen molar-refractivity contribution in [2.45, 2.75) is 32.1 Å². The summed E-state index contributed by atoms with van der Waals surface area (Å²) in [6.45, 7) is 0. The summed E-state index contributed by atoms with van der Waals surface area (Å²) in [7, 11) is -2.36. The number of benzene rings is 2. The molecule has 2 rings (SSSR count). The van der Waals surface area contributed by atoms with E-state index in [2.05, 4.69) is 12.1 Å². The van der Waals surface area contributed by atoms with E-state index in [0.29, 0.717) is 6.16 Å². The van der Waals surface area contributed by atoms with Gasteiger partial charge in [-0.15, -0.1) is 0 Å². The average molecular weight is 383 g/mol. The van der Waals surface area contributed by atoms with Crippen molar-refractivity contribution in [3.63, 3.8) is 0 Å². The normalized spacial score (nSPS) is 12.1. The van der Waals surface area contributed by atoms with Gasteiger partial charge in [0.2, 0.25) is 5.52 Å². The quantitative estimate of drug-likeness (QED) is 0.366. The predicted octanol–water partition coefficient (Wildman–Crippen LogP) is 6.50. The van der Waals surface area contributed by atoms with E-state index in [1.54, 1.807) is 18.2 Å². The first-order chi connectivity index (χ1) is 11.6. The second-order valence-electron chi connectivity index (χ2n) is 5.75. The maximum atomic E-state index is 12.3. The van der Waals surface area contributed by atoms with Gasteiger partial charge in [-0.3, -0.25) is 4.79 Å². The molecule has 0 amide bonds. The molecule has 1 unspecified atom stereocenters. The van der Waals surface area contributed by atoms with Crippen molar-refractivity contribution in [2.75, 3.05) is 6.16 Å². The van der Waals surface area contributed by atoms with Crippen molar-refractivity contribution >= 4 is 36.5 Å². The second-order valence-corrected chi connectivity index (χ2v) is 8.36. The molecule has 2 nitrogen and oxygen atoms in total. The summed E-state index contributed by atoms with van der Waals surface area (Å²) in [5.74, 6) is 0. The van der Waals surface area contributed by atoms with Gasteiger partial charge in [0.05, 0.1) is 15.6 Å². The van der Waals surface area contributed by atoms with Crippen LogP contribution in [0.25, 0.3) is 0 Å². The van der Waals surface area contributed by atoms with Gasteiger partial charge in [-0.2, -0.15) is 0 Å². The third-order valence-electron chi connectivity index (χ3n) is 3.91. The van der Waals surface area contributed by atoms with Crippen LogP contribution in [-0.2, 0) is 11.0 Å². The minimum absolute atomic E-state index is 0.203. The third kappa shape index (κ3) is 5.77. The van der Waals surface area contributed by atoms with Crippen molar-refractivity contribution in [1.82, 2.24) is 0 Å². The van der Waals surface area contributed by atoms with E-state index in [4.69, 9.17) is 23.2 Å². The minimum atomic E-state index is -2.36. The first kappa shape index (κ1) is 19.2. The van der Waals surface area contributed by atoms with Crippen LogP contribution in [0.2, 0.25) is 10.0 Å². The Morgan fingerprint density at radius 1 is 0.833 bits per heavy atom. The molecule has 0 fully saturated rings. The van der Waals surface area contributed by atoms with Crippen LogP contribution in [0, 0.1) is 0 Å². The van der Waals surface area contributed by atoms with Crippen LogP contribution in [0.5, 0.6) is 0 Å². The molecule has 128 valence electrons. The molecule has 0 heterocycles. The van der Waals surface area contributed by atoms with Crippen LogP contribution in [0.3, 0.4) is 0 Å². The molecule has 0 radical (unpaired) electrons. The molecule has 0 N–H and O–H groups in total. The predicted molar refractivity (Wildman–Crippen MR) is 103 cm³/mol. The first-order valence-corrected chi connectivity index (χ1v) is 10.5. The summed E-state index contributed by atoms with van der Waals surface area (Å²) in [5, 5.41) is 0.544. The molecule has 1 atom stereocenters. The van der Waals surface area contributed by atoms with Crippen molar-refractivity contribution < 1.29 is 9.36 Å². The lowest BCUT2D eigenvalue weighted by molar-refractivity contribution is 0.107. The molecule has 0 saturated heterocycles. The van der Waals surface area contributed by atoms with Crippen molar-refractivity contribution in [1.29, 1.82) is 0 Å². The molecule has 5 heteroatoms. The lowest BCUT2D eigenvalue weighted by atomic mass is 10.1. The Labute approximate surface area is 154 Å². The highest BCUT2D eigenvalue weighted by molar-refractivity contribution is 7.64. The lowest BCUT2D eigenvalue weighted by Crippen LogP contribution is -1.98. The summed E-state index contributed by atoms with van der Waals surface area (Å²) in [6, 6.07) is 15.2. The summed E-state index contributed by atoms with van der Waals surface area (Å²) in [4.78, 5) is 12.3. The Kier molecular flexibility index (Phi) is 8.05. The van der Waals surface area contributed by atoms with Gasteiger partial charge in [-0.05, 0) is 37.0 Å².